The van der Waals surface area contributed by atoms with E-state index < -0.39 is 10.8 Å². The van der Waals surface area contributed by atoms with E-state index in [2.05, 4.69) is 21.6 Å². The summed E-state index contributed by atoms with van der Waals surface area (Å²) < 4.78 is 16.2. The zero-order valence-electron chi connectivity index (χ0n) is 16.8. The SMILES string of the molecule is COc1ccc(-c2nnc(S[C@@H](C)C(=O)N[C@@](C)(C#N)C(C)C)o2)cc1OC. The normalized spacial score (nSPS) is 14.1. The Balaban J connectivity index is 2.10. The molecule has 150 valence electrons. The number of carbonyl (C=O) groups excluding carboxylic acids is 1. The number of nitrogens with zero attached hydrogens (tertiary/aromatic N) is 3. The summed E-state index contributed by atoms with van der Waals surface area (Å²) >= 11 is 1.13. The third kappa shape index (κ3) is 4.75. The number of amides is 1. The lowest BCUT2D eigenvalue weighted by Crippen LogP contribution is -2.51. The largest absolute Gasteiger partial charge is 0.493 e. The lowest BCUT2D eigenvalue weighted by atomic mass is 9.90. The Morgan fingerprint density at radius 2 is 1.93 bits per heavy atom. The molecule has 1 N–H and O–H groups in total. The van der Waals surface area contributed by atoms with Crippen LogP contribution in [0.5, 0.6) is 11.5 Å². The predicted octanol–water partition coefficient (Wildman–Crippen LogP) is 3.29. The van der Waals surface area contributed by atoms with Gasteiger partial charge in [-0.15, -0.1) is 10.2 Å². The van der Waals surface area contributed by atoms with Gasteiger partial charge in [-0.3, -0.25) is 4.79 Å². The summed E-state index contributed by atoms with van der Waals surface area (Å²) in [6, 6.07) is 7.42. The first-order valence-corrected chi connectivity index (χ1v) is 9.57. The highest BCUT2D eigenvalue weighted by Gasteiger charge is 2.32. The van der Waals surface area contributed by atoms with Crippen LogP contribution in [0.2, 0.25) is 0 Å². The van der Waals surface area contributed by atoms with Crippen LogP contribution in [-0.4, -0.2) is 41.1 Å². The van der Waals surface area contributed by atoms with Gasteiger partial charge in [0.1, 0.15) is 5.54 Å². The van der Waals surface area contributed by atoms with Crippen molar-refractivity contribution in [3.05, 3.63) is 18.2 Å². The first-order chi connectivity index (χ1) is 13.2. The van der Waals surface area contributed by atoms with Crippen molar-refractivity contribution in [2.45, 2.75) is 43.7 Å². The van der Waals surface area contributed by atoms with Gasteiger partial charge in [0.2, 0.25) is 11.8 Å². The zero-order valence-corrected chi connectivity index (χ0v) is 17.6. The Hall–Kier alpha value is -2.73. The molecule has 1 aromatic carbocycles. The molecule has 1 aromatic heterocycles. The molecule has 0 radical (unpaired) electrons. The van der Waals surface area contributed by atoms with Gasteiger partial charge in [-0.25, -0.2) is 0 Å². The minimum absolute atomic E-state index is 0.0290. The molecular weight excluding hydrogens is 380 g/mol. The van der Waals surface area contributed by atoms with E-state index in [1.54, 1.807) is 46.3 Å². The highest BCUT2D eigenvalue weighted by molar-refractivity contribution is 8.00. The Bertz CT molecular complexity index is 877. The average molecular weight is 404 g/mol. The Morgan fingerprint density at radius 3 is 2.50 bits per heavy atom. The van der Waals surface area contributed by atoms with Crippen LogP contribution in [-0.2, 0) is 4.79 Å². The maximum atomic E-state index is 12.5. The molecule has 0 unspecified atom stereocenters. The van der Waals surface area contributed by atoms with Crippen LogP contribution in [0.15, 0.2) is 27.8 Å². The minimum atomic E-state index is -0.939. The minimum Gasteiger partial charge on any atom is -0.493 e. The van der Waals surface area contributed by atoms with E-state index in [1.165, 1.54) is 0 Å². The smallest absolute Gasteiger partial charge is 0.277 e. The fraction of sp³-hybridized carbons (Fsp3) is 0.474. The summed E-state index contributed by atoms with van der Waals surface area (Å²) in [5, 5.41) is 19.9. The number of carbonyl (C=O) groups is 1. The fourth-order valence-electron chi connectivity index (χ4n) is 2.21. The summed E-state index contributed by atoms with van der Waals surface area (Å²) in [4.78, 5) is 12.5. The van der Waals surface area contributed by atoms with Crippen LogP contribution < -0.4 is 14.8 Å². The second-order valence-corrected chi connectivity index (χ2v) is 7.95. The number of methoxy groups -OCH3 is 2. The van der Waals surface area contributed by atoms with Crippen LogP contribution in [0, 0.1) is 17.2 Å². The zero-order chi connectivity index (χ0) is 20.9. The van der Waals surface area contributed by atoms with E-state index in [-0.39, 0.29) is 17.0 Å². The summed E-state index contributed by atoms with van der Waals surface area (Å²) in [7, 11) is 3.10. The fourth-order valence-corrected chi connectivity index (χ4v) is 2.89. The van der Waals surface area contributed by atoms with Crippen molar-refractivity contribution in [3.63, 3.8) is 0 Å². The molecule has 8 nitrogen and oxygen atoms in total. The van der Waals surface area contributed by atoms with Crippen molar-refractivity contribution in [2.24, 2.45) is 5.92 Å². The van der Waals surface area contributed by atoms with E-state index in [0.717, 1.165) is 11.8 Å². The summed E-state index contributed by atoms with van der Waals surface area (Å²) in [6.07, 6.45) is 0. The number of thioether (sulfide) groups is 1. The molecule has 0 saturated carbocycles. The number of ether oxygens (including phenoxy) is 2. The van der Waals surface area contributed by atoms with Gasteiger partial charge in [0, 0.05) is 5.56 Å². The van der Waals surface area contributed by atoms with Gasteiger partial charge in [-0.1, -0.05) is 25.6 Å². The topological polar surface area (TPSA) is 110 Å². The van der Waals surface area contributed by atoms with Gasteiger partial charge in [0.25, 0.3) is 5.22 Å². The summed E-state index contributed by atoms with van der Waals surface area (Å²) in [5.41, 5.74) is -0.267. The lowest BCUT2D eigenvalue weighted by Gasteiger charge is -2.28. The summed E-state index contributed by atoms with van der Waals surface area (Å²) in [5.74, 6) is 1.15. The van der Waals surface area contributed by atoms with Crippen molar-refractivity contribution in [3.8, 4) is 29.0 Å². The average Bonchev–Trinajstić information content (AvgIpc) is 3.15. The molecule has 0 aliphatic carbocycles. The maximum absolute atomic E-state index is 12.5. The Morgan fingerprint density at radius 1 is 1.25 bits per heavy atom. The van der Waals surface area contributed by atoms with E-state index in [1.807, 2.05) is 13.8 Å². The van der Waals surface area contributed by atoms with Crippen LogP contribution in [0.3, 0.4) is 0 Å². The van der Waals surface area contributed by atoms with Crippen LogP contribution >= 0.6 is 11.8 Å². The number of hydrogen-bond acceptors (Lipinski definition) is 8. The van der Waals surface area contributed by atoms with Crippen LogP contribution in [0.1, 0.15) is 27.7 Å². The maximum Gasteiger partial charge on any atom is 0.277 e. The Labute approximate surface area is 168 Å². The lowest BCUT2D eigenvalue weighted by molar-refractivity contribution is -0.121. The van der Waals surface area contributed by atoms with Crippen molar-refractivity contribution in [1.82, 2.24) is 15.5 Å². The van der Waals surface area contributed by atoms with Gasteiger partial charge >= 0.3 is 0 Å². The van der Waals surface area contributed by atoms with Gasteiger partial charge in [0.15, 0.2) is 11.5 Å². The van der Waals surface area contributed by atoms with Gasteiger partial charge in [-0.05, 0) is 38.0 Å². The number of hydrogen-bond donors (Lipinski definition) is 1. The molecule has 2 rings (SSSR count). The standard InChI is InChI=1S/C19H24N4O4S/c1-11(2)19(4,10-20)21-16(24)12(3)28-18-23-22-17(27-18)13-7-8-14(25-5)15(9-13)26-6/h7-9,11-12H,1-6H3,(H,21,24)/t12-,19-/m0/s1. The van der Waals surface area contributed by atoms with Crippen molar-refractivity contribution >= 4 is 17.7 Å². The quantitative estimate of drug-likeness (QED) is 0.667. The number of benzene rings is 1. The first-order valence-electron chi connectivity index (χ1n) is 8.70. The molecule has 0 spiro atoms. The molecule has 0 aliphatic heterocycles. The van der Waals surface area contributed by atoms with E-state index in [9.17, 15) is 10.1 Å². The molecule has 2 aromatic rings. The van der Waals surface area contributed by atoms with E-state index >= 15 is 0 Å². The molecule has 9 heteroatoms. The van der Waals surface area contributed by atoms with E-state index in [4.69, 9.17) is 13.9 Å². The molecule has 28 heavy (non-hydrogen) atoms. The van der Waals surface area contributed by atoms with E-state index in [0.29, 0.717) is 23.0 Å². The molecule has 1 amide bonds. The van der Waals surface area contributed by atoms with Gasteiger partial charge in [-0.2, -0.15) is 5.26 Å². The second-order valence-electron chi connectivity index (χ2n) is 6.66. The monoisotopic (exact) mass is 404 g/mol. The van der Waals surface area contributed by atoms with Crippen molar-refractivity contribution < 1.29 is 18.7 Å². The molecule has 0 bridgehead atoms. The van der Waals surface area contributed by atoms with Gasteiger partial charge in [0.05, 0.1) is 25.5 Å². The number of aromatic nitrogens is 2. The third-order valence-corrected chi connectivity index (χ3v) is 5.39. The van der Waals surface area contributed by atoms with Crippen molar-refractivity contribution in [1.29, 1.82) is 5.26 Å². The van der Waals surface area contributed by atoms with Crippen LogP contribution in [0.25, 0.3) is 11.5 Å². The van der Waals surface area contributed by atoms with Crippen LogP contribution in [0.4, 0.5) is 0 Å². The predicted molar refractivity (Wildman–Crippen MR) is 105 cm³/mol. The molecule has 0 fully saturated rings. The number of nitrogens with one attached hydrogen (secondary N) is 1. The van der Waals surface area contributed by atoms with Gasteiger partial charge < -0.3 is 19.2 Å². The third-order valence-electron chi connectivity index (χ3n) is 4.45. The molecular formula is C19H24N4O4S. The number of rotatable bonds is 8. The molecule has 0 saturated heterocycles. The molecule has 0 aliphatic rings. The molecule has 1 heterocycles. The number of nitriles is 1. The van der Waals surface area contributed by atoms with Crippen molar-refractivity contribution in [2.75, 3.05) is 14.2 Å². The second kappa shape index (κ2) is 8.97. The highest BCUT2D eigenvalue weighted by atomic mass is 32.2. The molecule has 2 atom stereocenters. The Kier molecular flexibility index (Phi) is 6.91. The highest BCUT2D eigenvalue weighted by Crippen LogP contribution is 2.33. The first kappa shape index (κ1) is 21.6. The summed E-state index contributed by atoms with van der Waals surface area (Å²) in [6.45, 7) is 7.19.